The van der Waals surface area contributed by atoms with Crippen LogP contribution in [-0.2, 0) is 6.42 Å². The van der Waals surface area contributed by atoms with Crippen molar-refractivity contribution in [3.05, 3.63) is 30.1 Å². The fraction of sp³-hybridized carbons (Fsp3) is 0.462. The Morgan fingerprint density at radius 3 is 2.89 bits per heavy atom. The maximum absolute atomic E-state index is 11.3. The fourth-order valence-corrected chi connectivity index (χ4v) is 1.46. The lowest BCUT2D eigenvalue weighted by molar-refractivity contribution is 0.243. The van der Waals surface area contributed by atoms with E-state index in [1.807, 2.05) is 32.0 Å². The van der Waals surface area contributed by atoms with E-state index in [1.165, 1.54) is 0 Å². The lowest BCUT2D eigenvalue weighted by Gasteiger charge is -2.09. The minimum absolute atomic E-state index is 0.0666. The zero-order valence-electron chi connectivity index (χ0n) is 11.4. The van der Waals surface area contributed by atoms with Crippen molar-refractivity contribution in [2.24, 2.45) is 10.7 Å². The van der Waals surface area contributed by atoms with Crippen molar-refractivity contribution in [1.29, 1.82) is 0 Å². The topological polar surface area (TPSA) is 92.4 Å². The number of carbonyl (C=O) groups excluding carboxylic acids is 1. The van der Waals surface area contributed by atoms with Crippen LogP contribution in [-0.4, -0.2) is 29.6 Å². The van der Waals surface area contributed by atoms with E-state index < -0.39 is 0 Å². The molecule has 0 atom stereocenters. The van der Waals surface area contributed by atoms with E-state index in [1.54, 1.807) is 6.20 Å². The van der Waals surface area contributed by atoms with Gasteiger partial charge in [-0.15, -0.1) is 0 Å². The number of carbonyl (C=O) groups is 1. The molecule has 1 rings (SSSR count). The third kappa shape index (κ3) is 7.03. The quantitative estimate of drug-likeness (QED) is 0.421. The van der Waals surface area contributed by atoms with Crippen LogP contribution in [0.2, 0.25) is 0 Å². The van der Waals surface area contributed by atoms with Gasteiger partial charge in [-0.2, -0.15) is 0 Å². The Labute approximate surface area is 113 Å². The number of hydrogen-bond donors (Lipinski definition) is 3. The molecule has 0 aromatic carbocycles. The summed E-state index contributed by atoms with van der Waals surface area (Å²) in [5.74, 6) is 0.138. The molecule has 104 valence electrons. The number of hydrogen-bond acceptors (Lipinski definition) is 3. The molecular weight excluding hydrogens is 242 g/mol. The molecule has 0 aliphatic rings. The molecule has 2 amide bonds. The minimum Gasteiger partial charge on any atom is -0.370 e. The van der Waals surface area contributed by atoms with Crippen LogP contribution in [0.25, 0.3) is 0 Å². The zero-order valence-corrected chi connectivity index (χ0v) is 11.4. The van der Waals surface area contributed by atoms with Gasteiger partial charge in [0, 0.05) is 24.5 Å². The number of urea groups is 1. The highest BCUT2D eigenvalue weighted by Crippen LogP contribution is 1.98. The largest absolute Gasteiger partial charge is 0.370 e. The summed E-state index contributed by atoms with van der Waals surface area (Å²) in [5, 5.41) is 5.14. The number of aliphatic imine (C=N–C) groups is 1. The van der Waals surface area contributed by atoms with Crippen LogP contribution in [0.3, 0.4) is 0 Å². The first-order valence-electron chi connectivity index (χ1n) is 6.35. The molecule has 0 bridgehead atoms. The standard InChI is InChI=1S/C13H21N5O/c1-10(2)17-13(19)18-12(14)16-9-5-7-11-6-3-4-8-15-11/h3-4,6,8,10H,5,7,9H2,1-2H3,(H4,14,16,17,18,19). The highest BCUT2D eigenvalue weighted by Gasteiger charge is 2.03. The summed E-state index contributed by atoms with van der Waals surface area (Å²) in [4.78, 5) is 19.6. The molecule has 0 unspecified atom stereocenters. The van der Waals surface area contributed by atoms with Gasteiger partial charge in [0.15, 0.2) is 5.96 Å². The maximum atomic E-state index is 11.3. The lowest BCUT2D eigenvalue weighted by Crippen LogP contribution is -2.45. The molecule has 1 heterocycles. The smallest absolute Gasteiger partial charge is 0.321 e. The minimum atomic E-state index is -0.332. The molecular formula is C13H21N5O. The maximum Gasteiger partial charge on any atom is 0.321 e. The van der Waals surface area contributed by atoms with E-state index in [2.05, 4.69) is 20.6 Å². The van der Waals surface area contributed by atoms with E-state index >= 15 is 0 Å². The van der Waals surface area contributed by atoms with Crippen LogP contribution in [0.15, 0.2) is 29.4 Å². The van der Waals surface area contributed by atoms with Crippen LogP contribution in [0.4, 0.5) is 4.79 Å². The first-order valence-corrected chi connectivity index (χ1v) is 6.35. The summed E-state index contributed by atoms with van der Waals surface area (Å²) in [6.07, 6.45) is 3.45. The van der Waals surface area contributed by atoms with E-state index in [0.29, 0.717) is 6.54 Å². The van der Waals surface area contributed by atoms with Crippen molar-refractivity contribution in [2.45, 2.75) is 32.7 Å². The number of aryl methyl sites for hydroxylation is 1. The summed E-state index contributed by atoms with van der Waals surface area (Å²) in [6, 6.07) is 5.55. The van der Waals surface area contributed by atoms with Gasteiger partial charge in [0.2, 0.25) is 0 Å². The normalized spacial score (nSPS) is 11.4. The molecule has 19 heavy (non-hydrogen) atoms. The van der Waals surface area contributed by atoms with Crippen LogP contribution in [0.1, 0.15) is 26.0 Å². The number of rotatable bonds is 5. The van der Waals surface area contributed by atoms with E-state index in [0.717, 1.165) is 18.5 Å². The van der Waals surface area contributed by atoms with Gasteiger partial charge in [0.1, 0.15) is 0 Å². The van der Waals surface area contributed by atoms with E-state index in [-0.39, 0.29) is 18.0 Å². The van der Waals surface area contributed by atoms with Gasteiger partial charge in [-0.05, 0) is 38.8 Å². The van der Waals surface area contributed by atoms with Gasteiger partial charge < -0.3 is 11.1 Å². The number of pyridine rings is 1. The summed E-state index contributed by atoms with van der Waals surface area (Å²) in [7, 11) is 0. The Bertz CT molecular complexity index is 416. The average molecular weight is 263 g/mol. The Morgan fingerprint density at radius 2 is 2.26 bits per heavy atom. The molecule has 0 aliphatic heterocycles. The van der Waals surface area contributed by atoms with E-state index in [4.69, 9.17) is 5.73 Å². The monoisotopic (exact) mass is 263 g/mol. The number of nitrogens with one attached hydrogen (secondary N) is 2. The van der Waals surface area contributed by atoms with Gasteiger partial charge in [-0.25, -0.2) is 4.79 Å². The highest BCUT2D eigenvalue weighted by molar-refractivity contribution is 5.95. The van der Waals surface area contributed by atoms with Crippen molar-refractivity contribution < 1.29 is 4.79 Å². The molecule has 6 heteroatoms. The Balaban J connectivity index is 2.23. The molecule has 6 nitrogen and oxygen atoms in total. The molecule has 0 saturated heterocycles. The van der Waals surface area contributed by atoms with Gasteiger partial charge in [-0.3, -0.25) is 15.3 Å². The SMILES string of the molecule is CC(C)NC(=O)NC(N)=NCCCc1ccccn1. The third-order valence-corrected chi connectivity index (χ3v) is 2.26. The van der Waals surface area contributed by atoms with Gasteiger partial charge in [-0.1, -0.05) is 6.07 Å². The number of nitrogens with two attached hydrogens (primary N) is 1. The average Bonchev–Trinajstić information content (AvgIpc) is 2.35. The summed E-state index contributed by atoms with van der Waals surface area (Å²) in [6.45, 7) is 4.31. The van der Waals surface area contributed by atoms with Crippen molar-refractivity contribution in [3.8, 4) is 0 Å². The molecule has 0 fully saturated rings. The van der Waals surface area contributed by atoms with Crippen LogP contribution in [0.5, 0.6) is 0 Å². The predicted molar refractivity (Wildman–Crippen MR) is 75.9 cm³/mol. The van der Waals surface area contributed by atoms with Crippen LogP contribution in [0, 0.1) is 0 Å². The highest BCUT2D eigenvalue weighted by atomic mass is 16.2. The van der Waals surface area contributed by atoms with Gasteiger partial charge in [0.05, 0.1) is 0 Å². The van der Waals surface area contributed by atoms with Crippen LogP contribution >= 0.6 is 0 Å². The predicted octanol–water partition coefficient (Wildman–Crippen LogP) is 1.04. The van der Waals surface area contributed by atoms with Gasteiger partial charge in [0.25, 0.3) is 0 Å². The summed E-state index contributed by atoms with van der Waals surface area (Å²) in [5.41, 5.74) is 6.62. The molecule has 1 aromatic heterocycles. The first-order chi connectivity index (χ1) is 9.08. The fourth-order valence-electron chi connectivity index (χ4n) is 1.46. The lowest BCUT2D eigenvalue weighted by atomic mass is 10.2. The number of aromatic nitrogens is 1. The Hall–Kier alpha value is -2.11. The second-order valence-corrected chi connectivity index (χ2v) is 4.44. The number of guanidine groups is 1. The van der Waals surface area contributed by atoms with Crippen LogP contribution < -0.4 is 16.4 Å². The molecule has 1 aromatic rings. The number of nitrogens with zero attached hydrogens (tertiary/aromatic N) is 2. The zero-order chi connectivity index (χ0) is 14.1. The third-order valence-electron chi connectivity index (χ3n) is 2.26. The molecule has 0 aliphatic carbocycles. The Morgan fingerprint density at radius 1 is 1.47 bits per heavy atom. The molecule has 0 spiro atoms. The second kappa shape index (κ2) is 8.07. The van der Waals surface area contributed by atoms with Crippen molar-refractivity contribution >= 4 is 12.0 Å². The number of amides is 2. The summed E-state index contributed by atoms with van der Waals surface area (Å²) < 4.78 is 0. The summed E-state index contributed by atoms with van der Waals surface area (Å²) >= 11 is 0. The molecule has 0 radical (unpaired) electrons. The van der Waals surface area contributed by atoms with Crippen molar-refractivity contribution in [3.63, 3.8) is 0 Å². The second-order valence-electron chi connectivity index (χ2n) is 4.44. The van der Waals surface area contributed by atoms with Crippen molar-refractivity contribution in [1.82, 2.24) is 15.6 Å². The molecule has 0 saturated carbocycles. The van der Waals surface area contributed by atoms with E-state index in [9.17, 15) is 4.79 Å². The first kappa shape index (κ1) is 14.9. The van der Waals surface area contributed by atoms with Gasteiger partial charge >= 0.3 is 6.03 Å². The van der Waals surface area contributed by atoms with Crippen molar-refractivity contribution in [2.75, 3.05) is 6.54 Å². The molecule has 4 N–H and O–H groups in total. The Kier molecular flexibility index (Phi) is 6.35.